The Morgan fingerprint density at radius 3 is 2.56 bits per heavy atom. The number of hydrogen-bond donors (Lipinski definition) is 1. The van der Waals surface area contributed by atoms with Gasteiger partial charge in [0.1, 0.15) is 11.6 Å². The third kappa shape index (κ3) is 5.53. The maximum absolute atomic E-state index is 14.1. The molecule has 2 rings (SSSR count). The fraction of sp³-hybridized carbons (Fsp3) is 0.579. The van der Waals surface area contributed by atoms with Crippen molar-refractivity contribution in [1.29, 1.82) is 0 Å². The van der Waals surface area contributed by atoms with E-state index in [0.717, 1.165) is 12.8 Å². The summed E-state index contributed by atoms with van der Waals surface area (Å²) < 4.78 is 25.0. The average molecular weight is 351 g/mol. The summed E-state index contributed by atoms with van der Waals surface area (Å²) in [4.78, 5) is 23.6. The topological polar surface area (TPSA) is 78.6 Å². The molecule has 25 heavy (non-hydrogen) atoms. The Bertz CT molecular complexity index is 597. The summed E-state index contributed by atoms with van der Waals surface area (Å²) in [5.74, 6) is -0.622. The smallest absolute Gasteiger partial charge is 0.308 e. The van der Waals surface area contributed by atoms with E-state index in [-0.39, 0.29) is 35.8 Å². The number of nitrogens with two attached hydrogens (primary N) is 1. The van der Waals surface area contributed by atoms with E-state index in [1.54, 1.807) is 13.0 Å². The zero-order valence-corrected chi connectivity index (χ0v) is 14.6. The van der Waals surface area contributed by atoms with Crippen molar-refractivity contribution in [1.82, 2.24) is 0 Å². The fourth-order valence-electron chi connectivity index (χ4n) is 3.06. The van der Waals surface area contributed by atoms with E-state index in [2.05, 4.69) is 0 Å². The number of ketones is 1. The number of halogens is 1. The van der Waals surface area contributed by atoms with Crippen LogP contribution in [0.4, 0.5) is 4.39 Å². The fourth-order valence-corrected chi connectivity index (χ4v) is 3.06. The molecule has 1 aliphatic rings. The van der Waals surface area contributed by atoms with Crippen molar-refractivity contribution in [3.05, 3.63) is 29.6 Å². The second kappa shape index (κ2) is 9.51. The van der Waals surface area contributed by atoms with Gasteiger partial charge >= 0.3 is 5.97 Å². The Kier molecular flexibility index (Phi) is 7.37. The lowest BCUT2D eigenvalue weighted by Gasteiger charge is -2.27. The Labute approximate surface area is 147 Å². The van der Waals surface area contributed by atoms with Crippen LogP contribution in [0.5, 0.6) is 5.75 Å². The van der Waals surface area contributed by atoms with Gasteiger partial charge in [-0.05, 0) is 57.7 Å². The Balaban J connectivity index is 1.88. The summed E-state index contributed by atoms with van der Waals surface area (Å²) in [7, 11) is 0. The first kappa shape index (κ1) is 19.4. The number of Topliss-reactive ketones (excluding diaryl/α,β-unsaturated/α-hetero) is 1. The number of hydrogen-bond acceptors (Lipinski definition) is 5. The summed E-state index contributed by atoms with van der Waals surface area (Å²) in [5, 5.41) is 0. The first-order valence-electron chi connectivity index (χ1n) is 8.91. The highest BCUT2D eigenvalue weighted by atomic mass is 19.1. The predicted octanol–water partition coefficient (Wildman–Crippen LogP) is 3.25. The summed E-state index contributed by atoms with van der Waals surface area (Å²) >= 11 is 0. The van der Waals surface area contributed by atoms with Gasteiger partial charge in [0.05, 0.1) is 24.2 Å². The third-order valence-electron chi connectivity index (χ3n) is 4.45. The Morgan fingerprint density at radius 1 is 1.24 bits per heavy atom. The van der Waals surface area contributed by atoms with Crippen molar-refractivity contribution in [3.63, 3.8) is 0 Å². The highest BCUT2D eigenvalue weighted by Gasteiger charge is 2.28. The van der Waals surface area contributed by atoms with Crippen LogP contribution in [-0.4, -0.2) is 31.0 Å². The molecule has 0 aromatic heterocycles. The van der Waals surface area contributed by atoms with E-state index in [4.69, 9.17) is 15.2 Å². The molecule has 5 nitrogen and oxygen atoms in total. The SMILES string of the molecule is CCOC(=O)C1CCC(Oc2ccc(C(=O)CCCN)c(F)c2)CC1. The molecule has 0 heterocycles. The predicted molar refractivity (Wildman–Crippen MR) is 92.0 cm³/mol. The van der Waals surface area contributed by atoms with E-state index in [1.165, 1.54) is 12.1 Å². The standard InChI is InChI=1S/C19H26FNO4/c1-2-24-19(23)13-5-7-14(8-6-13)25-15-9-10-16(17(20)12-15)18(22)4-3-11-21/h9-10,12-14H,2-8,11,21H2,1H3. The minimum atomic E-state index is -0.570. The van der Waals surface area contributed by atoms with Crippen LogP contribution in [0.25, 0.3) is 0 Å². The molecule has 2 N–H and O–H groups in total. The van der Waals surface area contributed by atoms with Crippen LogP contribution in [0.15, 0.2) is 18.2 Å². The van der Waals surface area contributed by atoms with Gasteiger partial charge in [-0.1, -0.05) is 0 Å². The number of benzene rings is 1. The van der Waals surface area contributed by atoms with Crippen molar-refractivity contribution >= 4 is 11.8 Å². The zero-order valence-electron chi connectivity index (χ0n) is 14.6. The first-order valence-corrected chi connectivity index (χ1v) is 8.91. The minimum absolute atomic E-state index is 0.0520. The molecule has 6 heteroatoms. The second-order valence-electron chi connectivity index (χ2n) is 6.30. The van der Waals surface area contributed by atoms with E-state index < -0.39 is 5.82 Å². The molecule has 0 amide bonds. The lowest BCUT2D eigenvalue weighted by Crippen LogP contribution is -2.29. The summed E-state index contributed by atoms with van der Waals surface area (Å²) in [6.07, 6.45) is 3.60. The quantitative estimate of drug-likeness (QED) is 0.574. The molecule has 1 aliphatic carbocycles. The van der Waals surface area contributed by atoms with Crippen LogP contribution < -0.4 is 10.5 Å². The number of carbonyl (C=O) groups excluding carboxylic acids is 2. The molecule has 138 valence electrons. The molecule has 0 saturated heterocycles. The normalized spacial score (nSPS) is 20.1. The minimum Gasteiger partial charge on any atom is -0.490 e. The lowest BCUT2D eigenvalue weighted by atomic mass is 9.87. The number of rotatable bonds is 8. The summed E-state index contributed by atoms with van der Waals surface area (Å²) in [6.45, 7) is 2.60. The van der Waals surface area contributed by atoms with Gasteiger partial charge in [0.2, 0.25) is 0 Å². The van der Waals surface area contributed by atoms with E-state index in [0.29, 0.717) is 38.2 Å². The maximum Gasteiger partial charge on any atom is 0.308 e. The van der Waals surface area contributed by atoms with Gasteiger partial charge in [0.25, 0.3) is 0 Å². The number of carbonyl (C=O) groups is 2. The summed E-state index contributed by atoms with van der Waals surface area (Å²) in [5.41, 5.74) is 5.45. The van der Waals surface area contributed by atoms with Crippen LogP contribution in [0.3, 0.4) is 0 Å². The van der Waals surface area contributed by atoms with Crippen molar-refractivity contribution in [2.45, 2.75) is 51.6 Å². The lowest BCUT2D eigenvalue weighted by molar-refractivity contribution is -0.149. The second-order valence-corrected chi connectivity index (χ2v) is 6.30. The first-order chi connectivity index (χ1) is 12.0. The van der Waals surface area contributed by atoms with Gasteiger partial charge in [-0.2, -0.15) is 0 Å². The van der Waals surface area contributed by atoms with Crippen molar-refractivity contribution in [2.24, 2.45) is 11.7 Å². The monoisotopic (exact) mass is 351 g/mol. The number of esters is 1. The van der Waals surface area contributed by atoms with Gasteiger partial charge in [-0.15, -0.1) is 0 Å². The van der Waals surface area contributed by atoms with Crippen LogP contribution in [0, 0.1) is 11.7 Å². The van der Waals surface area contributed by atoms with Crippen LogP contribution >= 0.6 is 0 Å². The molecule has 0 spiro atoms. The van der Waals surface area contributed by atoms with Gasteiger partial charge in [-0.25, -0.2) is 4.39 Å². The van der Waals surface area contributed by atoms with E-state index in [1.807, 2.05) is 0 Å². The highest BCUT2D eigenvalue weighted by Crippen LogP contribution is 2.29. The molecule has 0 unspecified atom stereocenters. The highest BCUT2D eigenvalue weighted by molar-refractivity contribution is 5.96. The molecule has 0 bridgehead atoms. The molecule has 0 aliphatic heterocycles. The van der Waals surface area contributed by atoms with E-state index in [9.17, 15) is 14.0 Å². The van der Waals surface area contributed by atoms with Crippen LogP contribution in [0.2, 0.25) is 0 Å². The van der Waals surface area contributed by atoms with Crippen molar-refractivity contribution in [3.8, 4) is 5.75 Å². The van der Waals surface area contributed by atoms with Crippen molar-refractivity contribution < 1.29 is 23.5 Å². The zero-order chi connectivity index (χ0) is 18.2. The van der Waals surface area contributed by atoms with Gasteiger partial charge in [-0.3, -0.25) is 9.59 Å². The molecule has 1 aromatic carbocycles. The molecule has 0 atom stereocenters. The maximum atomic E-state index is 14.1. The largest absolute Gasteiger partial charge is 0.490 e. The molecule has 0 radical (unpaired) electrons. The van der Waals surface area contributed by atoms with Crippen LogP contribution in [-0.2, 0) is 9.53 Å². The molecular formula is C19H26FNO4. The van der Waals surface area contributed by atoms with Gasteiger partial charge in [0, 0.05) is 12.5 Å². The number of ether oxygens (including phenoxy) is 2. The Hall–Kier alpha value is -1.95. The summed E-state index contributed by atoms with van der Waals surface area (Å²) in [6, 6.07) is 4.34. The van der Waals surface area contributed by atoms with Crippen molar-refractivity contribution in [2.75, 3.05) is 13.2 Å². The Morgan fingerprint density at radius 2 is 1.96 bits per heavy atom. The van der Waals surface area contributed by atoms with Gasteiger partial charge in [0.15, 0.2) is 5.78 Å². The molecule has 1 saturated carbocycles. The van der Waals surface area contributed by atoms with Gasteiger partial charge < -0.3 is 15.2 Å². The average Bonchev–Trinajstić information content (AvgIpc) is 2.60. The van der Waals surface area contributed by atoms with Crippen LogP contribution in [0.1, 0.15) is 55.8 Å². The molecule has 1 fully saturated rings. The molecular weight excluding hydrogens is 325 g/mol. The van der Waals surface area contributed by atoms with E-state index >= 15 is 0 Å². The molecule has 1 aromatic rings. The third-order valence-corrected chi connectivity index (χ3v) is 4.45.